The number of halogens is 1. The first-order valence-electron chi connectivity index (χ1n) is 6.50. The van der Waals surface area contributed by atoms with Crippen LogP contribution in [0.2, 0.25) is 5.02 Å². The van der Waals surface area contributed by atoms with Crippen LogP contribution in [0, 0.1) is 0 Å². The Hall–Kier alpha value is -2.00. The molecule has 102 valence electrons. The largest absolute Gasteiger partial charge is 0.478 e. The van der Waals surface area contributed by atoms with Gasteiger partial charge in [-0.15, -0.1) is 0 Å². The molecule has 4 heteroatoms. The number of nitrogens with zero attached hydrogens (tertiary/aromatic N) is 1. The number of benzene rings is 2. The summed E-state index contributed by atoms with van der Waals surface area (Å²) in [6, 6.07) is 13.2. The Bertz CT molecular complexity index is 669. The van der Waals surface area contributed by atoms with E-state index in [9.17, 15) is 4.79 Å². The standard InChI is InChI=1S/C16H14ClNO2/c17-14-6-5-12(16(19)20)9-15(14)18-8-7-11-3-1-2-4-13(11)10-18/h1-6,9H,7-8,10H2,(H,19,20). The van der Waals surface area contributed by atoms with Gasteiger partial charge >= 0.3 is 5.97 Å². The Balaban J connectivity index is 1.95. The van der Waals surface area contributed by atoms with E-state index in [1.54, 1.807) is 12.1 Å². The minimum absolute atomic E-state index is 0.267. The van der Waals surface area contributed by atoms with Gasteiger partial charge in [-0.05, 0) is 35.7 Å². The predicted molar refractivity (Wildman–Crippen MR) is 79.6 cm³/mol. The van der Waals surface area contributed by atoms with E-state index in [0.29, 0.717) is 5.02 Å². The van der Waals surface area contributed by atoms with Crippen LogP contribution in [0.15, 0.2) is 42.5 Å². The Morgan fingerprint density at radius 2 is 1.90 bits per heavy atom. The average molecular weight is 288 g/mol. The van der Waals surface area contributed by atoms with Crippen LogP contribution in [0.5, 0.6) is 0 Å². The van der Waals surface area contributed by atoms with Gasteiger partial charge in [0.1, 0.15) is 0 Å². The molecule has 1 aliphatic rings. The molecule has 0 saturated carbocycles. The minimum Gasteiger partial charge on any atom is -0.478 e. The first kappa shape index (κ1) is 13.0. The Kier molecular flexibility index (Phi) is 3.36. The zero-order chi connectivity index (χ0) is 14.1. The van der Waals surface area contributed by atoms with Gasteiger partial charge < -0.3 is 10.0 Å². The number of carboxylic acid groups (broad SMARTS) is 1. The summed E-state index contributed by atoms with van der Waals surface area (Å²) in [7, 11) is 0. The first-order chi connectivity index (χ1) is 9.65. The number of rotatable bonds is 2. The lowest BCUT2D eigenvalue weighted by Crippen LogP contribution is -2.30. The fraction of sp³-hybridized carbons (Fsp3) is 0.188. The Labute approximate surface area is 122 Å². The van der Waals surface area contributed by atoms with Gasteiger partial charge in [-0.3, -0.25) is 0 Å². The molecule has 3 nitrogen and oxygen atoms in total. The molecule has 0 bridgehead atoms. The van der Waals surface area contributed by atoms with E-state index in [1.807, 2.05) is 12.1 Å². The molecule has 0 saturated heterocycles. The maximum Gasteiger partial charge on any atom is 0.335 e. The highest BCUT2D eigenvalue weighted by Crippen LogP contribution is 2.31. The van der Waals surface area contributed by atoms with E-state index in [2.05, 4.69) is 17.0 Å². The molecule has 2 aromatic carbocycles. The lowest BCUT2D eigenvalue weighted by molar-refractivity contribution is 0.0697. The fourth-order valence-corrected chi connectivity index (χ4v) is 2.83. The number of fused-ring (bicyclic) bond motifs is 1. The highest BCUT2D eigenvalue weighted by atomic mass is 35.5. The number of hydrogen-bond donors (Lipinski definition) is 1. The highest BCUT2D eigenvalue weighted by Gasteiger charge is 2.19. The molecule has 1 aliphatic heterocycles. The summed E-state index contributed by atoms with van der Waals surface area (Å²) in [6.45, 7) is 1.61. The van der Waals surface area contributed by atoms with Gasteiger partial charge in [0.05, 0.1) is 16.3 Å². The van der Waals surface area contributed by atoms with Crippen LogP contribution in [0.3, 0.4) is 0 Å². The second-order valence-corrected chi connectivity index (χ2v) is 5.32. The highest BCUT2D eigenvalue weighted by molar-refractivity contribution is 6.33. The van der Waals surface area contributed by atoms with E-state index >= 15 is 0 Å². The molecule has 0 unspecified atom stereocenters. The molecule has 1 heterocycles. The van der Waals surface area contributed by atoms with Gasteiger partial charge in [-0.1, -0.05) is 35.9 Å². The summed E-state index contributed by atoms with van der Waals surface area (Å²) in [6.07, 6.45) is 0.948. The van der Waals surface area contributed by atoms with Crippen LogP contribution in [0.1, 0.15) is 21.5 Å². The normalized spacial score (nSPS) is 13.9. The second-order valence-electron chi connectivity index (χ2n) is 4.91. The summed E-state index contributed by atoms with van der Waals surface area (Å²) < 4.78 is 0. The van der Waals surface area contributed by atoms with Crippen LogP contribution >= 0.6 is 11.6 Å². The van der Waals surface area contributed by atoms with E-state index < -0.39 is 5.97 Å². The van der Waals surface area contributed by atoms with Gasteiger partial charge in [-0.2, -0.15) is 0 Å². The zero-order valence-corrected chi connectivity index (χ0v) is 11.6. The number of carboxylic acids is 1. The molecule has 0 fully saturated rings. The molecule has 2 aromatic rings. The number of hydrogen-bond acceptors (Lipinski definition) is 2. The van der Waals surface area contributed by atoms with Gasteiger partial charge in [0, 0.05) is 13.1 Å². The minimum atomic E-state index is -0.930. The van der Waals surface area contributed by atoms with E-state index in [-0.39, 0.29) is 5.56 Å². The molecule has 0 amide bonds. The van der Waals surface area contributed by atoms with Crippen LogP contribution in [0.25, 0.3) is 0 Å². The van der Waals surface area contributed by atoms with E-state index in [0.717, 1.165) is 25.2 Å². The van der Waals surface area contributed by atoms with Crippen molar-refractivity contribution >= 4 is 23.3 Å². The molecule has 0 aromatic heterocycles. The van der Waals surface area contributed by atoms with Gasteiger partial charge in [0.15, 0.2) is 0 Å². The van der Waals surface area contributed by atoms with E-state index in [1.165, 1.54) is 17.2 Å². The molecule has 3 rings (SSSR count). The monoisotopic (exact) mass is 287 g/mol. The summed E-state index contributed by atoms with van der Waals surface area (Å²) in [5, 5.41) is 9.69. The zero-order valence-electron chi connectivity index (χ0n) is 10.8. The third-order valence-electron chi connectivity index (χ3n) is 3.66. The number of carbonyl (C=O) groups is 1. The van der Waals surface area contributed by atoms with Crippen molar-refractivity contribution in [2.24, 2.45) is 0 Å². The quantitative estimate of drug-likeness (QED) is 0.917. The SMILES string of the molecule is O=C(O)c1ccc(Cl)c(N2CCc3ccccc3C2)c1. The third kappa shape index (κ3) is 2.37. The lowest BCUT2D eigenvalue weighted by atomic mass is 9.99. The van der Waals surface area contributed by atoms with Crippen molar-refractivity contribution in [1.29, 1.82) is 0 Å². The van der Waals surface area contributed by atoms with Crippen molar-refractivity contribution < 1.29 is 9.90 Å². The van der Waals surface area contributed by atoms with Crippen molar-refractivity contribution in [2.75, 3.05) is 11.4 Å². The maximum absolute atomic E-state index is 11.1. The summed E-state index contributed by atoms with van der Waals surface area (Å²) in [5.74, 6) is -0.930. The Morgan fingerprint density at radius 3 is 2.65 bits per heavy atom. The van der Waals surface area contributed by atoms with Crippen molar-refractivity contribution in [2.45, 2.75) is 13.0 Å². The van der Waals surface area contributed by atoms with Crippen molar-refractivity contribution in [3.8, 4) is 0 Å². The van der Waals surface area contributed by atoms with E-state index in [4.69, 9.17) is 16.7 Å². The van der Waals surface area contributed by atoms with Gasteiger partial charge in [-0.25, -0.2) is 4.79 Å². The summed E-state index contributed by atoms with van der Waals surface area (Å²) in [4.78, 5) is 13.2. The van der Waals surface area contributed by atoms with Crippen molar-refractivity contribution in [1.82, 2.24) is 0 Å². The van der Waals surface area contributed by atoms with Crippen LogP contribution < -0.4 is 4.90 Å². The average Bonchev–Trinajstić information content (AvgIpc) is 2.47. The number of anilines is 1. The van der Waals surface area contributed by atoms with Crippen LogP contribution in [-0.2, 0) is 13.0 Å². The third-order valence-corrected chi connectivity index (χ3v) is 3.98. The van der Waals surface area contributed by atoms with Gasteiger partial charge in [0.2, 0.25) is 0 Å². The molecular formula is C16H14ClNO2. The Morgan fingerprint density at radius 1 is 1.15 bits per heavy atom. The summed E-state index contributed by atoms with van der Waals surface area (Å²) >= 11 is 6.23. The number of aromatic carboxylic acids is 1. The molecule has 0 atom stereocenters. The topological polar surface area (TPSA) is 40.5 Å². The molecule has 0 radical (unpaired) electrons. The fourth-order valence-electron chi connectivity index (χ4n) is 2.59. The molecule has 1 N–H and O–H groups in total. The first-order valence-corrected chi connectivity index (χ1v) is 6.87. The molecule has 0 spiro atoms. The predicted octanol–water partition coefficient (Wildman–Crippen LogP) is 3.60. The van der Waals surface area contributed by atoms with Crippen molar-refractivity contribution in [3.63, 3.8) is 0 Å². The maximum atomic E-state index is 11.1. The van der Waals surface area contributed by atoms with Crippen molar-refractivity contribution in [3.05, 3.63) is 64.2 Å². The smallest absolute Gasteiger partial charge is 0.335 e. The molecule has 20 heavy (non-hydrogen) atoms. The second kappa shape index (κ2) is 5.17. The molecule has 0 aliphatic carbocycles. The van der Waals surface area contributed by atoms with Crippen LogP contribution in [-0.4, -0.2) is 17.6 Å². The lowest BCUT2D eigenvalue weighted by Gasteiger charge is -2.31. The summed E-state index contributed by atoms with van der Waals surface area (Å²) in [5.41, 5.74) is 3.69. The van der Waals surface area contributed by atoms with Gasteiger partial charge in [0.25, 0.3) is 0 Å². The molecular weight excluding hydrogens is 274 g/mol. The van der Waals surface area contributed by atoms with Crippen LogP contribution in [0.4, 0.5) is 5.69 Å².